The quantitative estimate of drug-likeness (QED) is 0.861. The van der Waals surface area contributed by atoms with Gasteiger partial charge in [0.25, 0.3) is 5.91 Å². The Balaban J connectivity index is 1.80. The van der Waals surface area contributed by atoms with Crippen LogP contribution in [0.4, 0.5) is 5.13 Å². The first-order chi connectivity index (χ1) is 10.0. The zero-order valence-electron chi connectivity index (χ0n) is 10.8. The normalized spacial score (nSPS) is 14.9. The lowest BCUT2D eigenvalue weighted by atomic mass is 10.2. The molecule has 2 N–H and O–H groups in total. The molecule has 1 aromatic carbocycles. The number of nitrogens with zero attached hydrogens (tertiary/aromatic N) is 2. The summed E-state index contributed by atoms with van der Waals surface area (Å²) in [5, 5.41) is 10.2. The van der Waals surface area contributed by atoms with Crippen LogP contribution >= 0.6 is 11.3 Å². The van der Waals surface area contributed by atoms with E-state index >= 15 is 0 Å². The molecule has 0 spiro atoms. The van der Waals surface area contributed by atoms with E-state index in [1.807, 2.05) is 0 Å². The van der Waals surface area contributed by atoms with E-state index in [9.17, 15) is 13.2 Å². The Kier molecular flexibility index (Phi) is 3.70. The fourth-order valence-electron chi connectivity index (χ4n) is 1.69. The summed E-state index contributed by atoms with van der Waals surface area (Å²) in [4.78, 5) is 12.1. The Morgan fingerprint density at radius 1 is 1.33 bits per heavy atom. The largest absolute Gasteiger partial charge is 0.296 e. The summed E-state index contributed by atoms with van der Waals surface area (Å²) >= 11 is 1.19. The minimum absolute atomic E-state index is 0.0221. The zero-order valence-corrected chi connectivity index (χ0v) is 12.4. The summed E-state index contributed by atoms with van der Waals surface area (Å²) in [7, 11) is -3.57. The number of carbonyl (C=O) groups is 1. The molecule has 21 heavy (non-hydrogen) atoms. The van der Waals surface area contributed by atoms with Crippen molar-refractivity contribution >= 4 is 32.4 Å². The van der Waals surface area contributed by atoms with Gasteiger partial charge in [-0.15, -0.1) is 10.2 Å². The van der Waals surface area contributed by atoms with Gasteiger partial charge >= 0.3 is 0 Å². The van der Waals surface area contributed by atoms with E-state index in [0.717, 1.165) is 12.8 Å². The second kappa shape index (κ2) is 5.51. The van der Waals surface area contributed by atoms with Crippen molar-refractivity contribution in [2.45, 2.75) is 23.8 Å². The standard InChI is InChI=1S/C12H12N4O3S2/c17-11(14-12-15-13-7-20-12)8-2-1-3-10(6-8)21(18,19)16-9-4-5-9/h1-3,6-7,9,16H,4-5H2,(H,14,15,17). The van der Waals surface area contributed by atoms with Gasteiger partial charge in [-0.25, -0.2) is 13.1 Å². The second-order valence-electron chi connectivity index (χ2n) is 4.62. The molecular formula is C12H12N4O3S2. The smallest absolute Gasteiger partial charge is 0.257 e. The second-order valence-corrected chi connectivity index (χ2v) is 7.17. The van der Waals surface area contributed by atoms with Crippen LogP contribution in [0.5, 0.6) is 0 Å². The molecule has 3 rings (SSSR count). The van der Waals surface area contributed by atoms with Crippen LogP contribution in [0.2, 0.25) is 0 Å². The number of hydrogen-bond acceptors (Lipinski definition) is 6. The Morgan fingerprint density at radius 2 is 2.14 bits per heavy atom. The summed E-state index contributed by atoms with van der Waals surface area (Å²) in [5.41, 5.74) is 1.75. The maximum Gasteiger partial charge on any atom is 0.257 e. The number of sulfonamides is 1. The van der Waals surface area contributed by atoms with Crippen LogP contribution in [0, 0.1) is 0 Å². The molecule has 1 aromatic heterocycles. The van der Waals surface area contributed by atoms with E-state index in [1.165, 1.54) is 35.0 Å². The third kappa shape index (κ3) is 3.43. The Morgan fingerprint density at radius 3 is 2.81 bits per heavy atom. The predicted octanol–water partition coefficient (Wildman–Crippen LogP) is 1.23. The number of nitrogens with one attached hydrogen (secondary N) is 2. The van der Waals surface area contributed by atoms with Crippen LogP contribution in [0.25, 0.3) is 0 Å². The molecule has 1 fully saturated rings. The maximum absolute atomic E-state index is 12.1. The SMILES string of the molecule is O=C(Nc1nncs1)c1cccc(S(=O)(=O)NC2CC2)c1. The van der Waals surface area contributed by atoms with Gasteiger partial charge < -0.3 is 0 Å². The van der Waals surface area contributed by atoms with E-state index in [4.69, 9.17) is 0 Å². The molecule has 1 amide bonds. The third-order valence-corrected chi connectivity index (χ3v) is 5.01. The van der Waals surface area contributed by atoms with E-state index in [1.54, 1.807) is 6.07 Å². The van der Waals surface area contributed by atoms with Crippen molar-refractivity contribution in [1.29, 1.82) is 0 Å². The van der Waals surface area contributed by atoms with Gasteiger partial charge in [0.1, 0.15) is 5.51 Å². The number of rotatable bonds is 5. The van der Waals surface area contributed by atoms with Crippen molar-refractivity contribution in [2.24, 2.45) is 0 Å². The van der Waals surface area contributed by atoms with Crippen LogP contribution in [0.15, 0.2) is 34.7 Å². The number of benzene rings is 1. The maximum atomic E-state index is 12.1. The lowest BCUT2D eigenvalue weighted by molar-refractivity contribution is 0.102. The van der Waals surface area contributed by atoms with Crippen molar-refractivity contribution in [3.63, 3.8) is 0 Å². The monoisotopic (exact) mass is 324 g/mol. The molecule has 1 saturated carbocycles. The number of aromatic nitrogens is 2. The van der Waals surface area contributed by atoms with Crippen molar-refractivity contribution in [2.75, 3.05) is 5.32 Å². The summed E-state index contributed by atoms with van der Waals surface area (Å²) in [6.07, 6.45) is 1.72. The van der Waals surface area contributed by atoms with Gasteiger partial charge in [0.15, 0.2) is 0 Å². The molecular weight excluding hydrogens is 312 g/mol. The van der Waals surface area contributed by atoms with Gasteiger partial charge in [-0.1, -0.05) is 17.4 Å². The predicted molar refractivity (Wildman–Crippen MR) is 77.6 cm³/mol. The van der Waals surface area contributed by atoms with E-state index in [0.29, 0.717) is 5.13 Å². The molecule has 2 aromatic rings. The van der Waals surface area contributed by atoms with Gasteiger partial charge in [-0.2, -0.15) is 0 Å². The minimum atomic E-state index is -3.57. The summed E-state index contributed by atoms with van der Waals surface area (Å²) in [5.74, 6) is -0.421. The van der Waals surface area contributed by atoms with Gasteiger partial charge in [-0.05, 0) is 31.0 Å². The first kappa shape index (κ1) is 14.1. The summed E-state index contributed by atoms with van der Waals surface area (Å²) < 4.78 is 26.8. The molecule has 0 aliphatic heterocycles. The Labute approximate surface area is 125 Å². The molecule has 0 unspecified atom stereocenters. The molecule has 110 valence electrons. The van der Waals surface area contributed by atoms with Crippen LogP contribution in [-0.4, -0.2) is 30.6 Å². The summed E-state index contributed by atoms with van der Waals surface area (Å²) in [6, 6.07) is 5.92. The Bertz CT molecular complexity index is 755. The average molecular weight is 324 g/mol. The highest BCUT2D eigenvalue weighted by Gasteiger charge is 2.28. The molecule has 0 atom stereocenters. The van der Waals surface area contributed by atoms with Crippen LogP contribution < -0.4 is 10.0 Å². The first-order valence-corrected chi connectivity index (χ1v) is 8.61. The van der Waals surface area contributed by atoms with Crippen molar-refractivity contribution in [3.05, 3.63) is 35.3 Å². The van der Waals surface area contributed by atoms with E-state index in [2.05, 4.69) is 20.2 Å². The first-order valence-electron chi connectivity index (χ1n) is 6.24. The number of anilines is 1. The fourth-order valence-corrected chi connectivity index (χ4v) is 3.48. The highest BCUT2D eigenvalue weighted by atomic mass is 32.2. The van der Waals surface area contributed by atoms with Crippen molar-refractivity contribution < 1.29 is 13.2 Å². The van der Waals surface area contributed by atoms with Gasteiger partial charge in [0.2, 0.25) is 15.2 Å². The highest BCUT2D eigenvalue weighted by Crippen LogP contribution is 2.22. The van der Waals surface area contributed by atoms with Crippen LogP contribution in [0.1, 0.15) is 23.2 Å². The third-order valence-electron chi connectivity index (χ3n) is 2.89. The number of carbonyl (C=O) groups excluding carboxylic acids is 1. The average Bonchev–Trinajstić information content (AvgIpc) is 3.11. The van der Waals surface area contributed by atoms with Crippen molar-refractivity contribution in [1.82, 2.24) is 14.9 Å². The molecule has 9 heteroatoms. The number of amides is 1. The zero-order chi connectivity index (χ0) is 14.9. The van der Waals surface area contributed by atoms with Crippen LogP contribution in [-0.2, 0) is 10.0 Å². The lowest BCUT2D eigenvalue weighted by Crippen LogP contribution is -2.26. The topological polar surface area (TPSA) is 101 Å². The molecule has 1 heterocycles. The lowest BCUT2D eigenvalue weighted by Gasteiger charge is -2.07. The molecule has 0 radical (unpaired) electrons. The highest BCUT2D eigenvalue weighted by molar-refractivity contribution is 7.89. The van der Waals surface area contributed by atoms with E-state index in [-0.39, 0.29) is 16.5 Å². The van der Waals surface area contributed by atoms with Crippen LogP contribution in [0.3, 0.4) is 0 Å². The minimum Gasteiger partial charge on any atom is -0.296 e. The molecule has 0 bridgehead atoms. The number of hydrogen-bond donors (Lipinski definition) is 2. The molecule has 1 aliphatic rings. The molecule has 7 nitrogen and oxygen atoms in total. The van der Waals surface area contributed by atoms with Gasteiger partial charge in [-0.3, -0.25) is 10.1 Å². The molecule has 0 saturated heterocycles. The Hall–Kier alpha value is -1.84. The molecule has 1 aliphatic carbocycles. The van der Waals surface area contributed by atoms with E-state index < -0.39 is 15.9 Å². The van der Waals surface area contributed by atoms with Crippen molar-refractivity contribution in [3.8, 4) is 0 Å². The summed E-state index contributed by atoms with van der Waals surface area (Å²) in [6.45, 7) is 0. The fraction of sp³-hybridized carbons (Fsp3) is 0.250. The van der Waals surface area contributed by atoms with Gasteiger partial charge in [0, 0.05) is 11.6 Å². The van der Waals surface area contributed by atoms with Gasteiger partial charge in [0.05, 0.1) is 4.90 Å².